The largest absolute Gasteiger partial charge is 0.497 e. The number of thioether (sulfide) groups is 1. The number of methoxy groups -OCH3 is 1. The highest BCUT2D eigenvalue weighted by Gasteiger charge is 2.36. The Labute approximate surface area is 164 Å². The van der Waals surface area contributed by atoms with Crippen LogP contribution in [0.2, 0.25) is 0 Å². The Morgan fingerprint density at radius 3 is 2.48 bits per heavy atom. The van der Waals surface area contributed by atoms with E-state index < -0.39 is 0 Å². The summed E-state index contributed by atoms with van der Waals surface area (Å²) >= 11 is 1.48. The summed E-state index contributed by atoms with van der Waals surface area (Å²) in [6.07, 6.45) is 2.48. The van der Waals surface area contributed by atoms with Gasteiger partial charge < -0.3 is 4.74 Å². The van der Waals surface area contributed by atoms with Crippen molar-refractivity contribution in [3.05, 3.63) is 65.2 Å². The van der Waals surface area contributed by atoms with Crippen LogP contribution in [0.1, 0.15) is 30.0 Å². The third kappa shape index (κ3) is 4.77. The second-order valence-electron chi connectivity index (χ2n) is 6.33. The van der Waals surface area contributed by atoms with Crippen molar-refractivity contribution >= 4 is 29.1 Å². The fourth-order valence-corrected chi connectivity index (χ4v) is 3.73. The number of carbonyl (C=O) groups excluding carboxylic acids is 1. The molecule has 0 saturated carbocycles. The van der Waals surface area contributed by atoms with Crippen LogP contribution >= 0.6 is 11.8 Å². The normalized spacial score (nSPS) is 18.6. The Bertz CT molecular complexity index is 845. The molecule has 1 aliphatic heterocycles. The van der Waals surface area contributed by atoms with Crippen molar-refractivity contribution in [1.82, 2.24) is 4.90 Å². The molecule has 1 heterocycles. The molecule has 0 N–H and O–H groups in total. The third-order valence-corrected chi connectivity index (χ3v) is 5.65. The van der Waals surface area contributed by atoms with Gasteiger partial charge in [-0.05, 0) is 36.6 Å². The van der Waals surface area contributed by atoms with Crippen LogP contribution in [0.15, 0.2) is 58.7 Å². The highest BCUT2D eigenvalue weighted by atomic mass is 32.2. The molecule has 3 rings (SSSR count). The van der Waals surface area contributed by atoms with E-state index in [9.17, 15) is 4.79 Å². The number of benzene rings is 2. The van der Waals surface area contributed by atoms with Gasteiger partial charge in [0, 0.05) is 0 Å². The van der Waals surface area contributed by atoms with Crippen LogP contribution < -0.4 is 4.74 Å². The Morgan fingerprint density at radius 1 is 1.15 bits per heavy atom. The summed E-state index contributed by atoms with van der Waals surface area (Å²) < 4.78 is 5.19. The lowest BCUT2D eigenvalue weighted by atomic mass is 10.2. The van der Waals surface area contributed by atoms with Gasteiger partial charge in [0.1, 0.15) is 5.75 Å². The number of ether oxygens (including phenoxy) is 1. The average Bonchev–Trinajstić information content (AvgIpc) is 2.99. The highest BCUT2D eigenvalue weighted by Crippen LogP contribution is 2.31. The van der Waals surface area contributed by atoms with Gasteiger partial charge in [0.2, 0.25) is 5.91 Å². The van der Waals surface area contributed by atoms with E-state index in [-0.39, 0.29) is 11.2 Å². The van der Waals surface area contributed by atoms with Crippen molar-refractivity contribution in [2.45, 2.75) is 32.1 Å². The molecule has 0 aromatic heterocycles. The number of hydrogen-bond acceptors (Lipinski definition) is 5. The van der Waals surface area contributed by atoms with Gasteiger partial charge >= 0.3 is 0 Å². The van der Waals surface area contributed by atoms with E-state index in [0.717, 1.165) is 23.3 Å². The van der Waals surface area contributed by atoms with Gasteiger partial charge in [0.15, 0.2) is 5.17 Å². The van der Waals surface area contributed by atoms with E-state index in [4.69, 9.17) is 4.74 Å². The number of amidine groups is 1. The zero-order chi connectivity index (χ0) is 19.2. The fourth-order valence-electron chi connectivity index (χ4n) is 2.70. The molecule has 5 nitrogen and oxygen atoms in total. The molecule has 0 aliphatic carbocycles. The first-order valence-electron chi connectivity index (χ1n) is 8.89. The van der Waals surface area contributed by atoms with Crippen LogP contribution in [0.4, 0.5) is 0 Å². The molecular formula is C21H23N3O2S. The van der Waals surface area contributed by atoms with Crippen LogP contribution in [0.5, 0.6) is 5.75 Å². The minimum Gasteiger partial charge on any atom is -0.497 e. The van der Waals surface area contributed by atoms with Gasteiger partial charge in [-0.3, -0.25) is 9.69 Å². The number of nitrogens with zero attached hydrogens (tertiary/aromatic N) is 3. The van der Waals surface area contributed by atoms with E-state index in [1.807, 2.05) is 62.4 Å². The average molecular weight is 382 g/mol. The molecule has 1 amide bonds. The summed E-state index contributed by atoms with van der Waals surface area (Å²) in [5, 5.41) is 9.08. The molecule has 0 spiro atoms. The maximum atomic E-state index is 12.7. The summed E-state index contributed by atoms with van der Waals surface area (Å²) in [5.41, 5.74) is 3.21. The summed E-state index contributed by atoms with van der Waals surface area (Å²) in [5.74, 6) is 0.881. The first-order chi connectivity index (χ1) is 13.1. The Morgan fingerprint density at radius 2 is 1.85 bits per heavy atom. The molecule has 0 unspecified atom stereocenters. The van der Waals surface area contributed by atoms with Crippen molar-refractivity contribution < 1.29 is 9.53 Å². The molecule has 0 bridgehead atoms. The predicted molar refractivity (Wildman–Crippen MR) is 111 cm³/mol. The van der Waals surface area contributed by atoms with E-state index in [1.54, 1.807) is 18.2 Å². The SMILES string of the molecule is CC[C@H]1S/C(=N\N=C/c2ccc(C)cc2)N(Cc2ccc(OC)cc2)C1=O. The van der Waals surface area contributed by atoms with Crippen LogP contribution in [0.3, 0.4) is 0 Å². The molecule has 1 atom stereocenters. The van der Waals surface area contributed by atoms with E-state index >= 15 is 0 Å². The van der Waals surface area contributed by atoms with Gasteiger partial charge in [-0.25, -0.2) is 0 Å². The van der Waals surface area contributed by atoms with Gasteiger partial charge in [-0.15, -0.1) is 5.10 Å². The molecule has 2 aromatic carbocycles. The third-order valence-electron chi connectivity index (χ3n) is 4.32. The summed E-state index contributed by atoms with van der Waals surface area (Å²) in [6, 6.07) is 15.8. The summed E-state index contributed by atoms with van der Waals surface area (Å²) in [4.78, 5) is 14.4. The maximum Gasteiger partial charge on any atom is 0.242 e. The van der Waals surface area contributed by atoms with Crippen molar-refractivity contribution in [2.24, 2.45) is 10.2 Å². The smallest absolute Gasteiger partial charge is 0.242 e. The van der Waals surface area contributed by atoms with Crippen molar-refractivity contribution in [2.75, 3.05) is 7.11 Å². The fraction of sp³-hybridized carbons (Fsp3) is 0.286. The minimum atomic E-state index is -0.100. The highest BCUT2D eigenvalue weighted by molar-refractivity contribution is 8.15. The van der Waals surface area contributed by atoms with Crippen molar-refractivity contribution in [1.29, 1.82) is 0 Å². The monoisotopic (exact) mass is 381 g/mol. The number of carbonyl (C=O) groups is 1. The topological polar surface area (TPSA) is 54.3 Å². The quantitative estimate of drug-likeness (QED) is 0.555. The zero-order valence-corrected chi connectivity index (χ0v) is 16.6. The van der Waals surface area contributed by atoms with Gasteiger partial charge in [-0.2, -0.15) is 5.10 Å². The van der Waals surface area contributed by atoms with Gasteiger partial charge in [0.25, 0.3) is 0 Å². The van der Waals surface area contributed by atoms with Crippen LogP contribution in [-0.2, 0) is 11.3 Å². The van der Waals surface area contributed by atoms with Crippen LogP contribution in [0, 0.1) is 6.92 Å². The second-order valence-corrected chi connectivity index (χ2v) is 7.49. The zero-order valence-electron chi connectivity index (χ0n) is 15.8. The molecule has 1 fully saturated rings. The standard InChI is InChI=1S/C21H23N3O2S/c1-4-19-20(25)24(14-17-9-11-18(26-3)12-10-17)21(27-19)23-22-13-16-7-5-15(2)6-8-16/h5-13,19H,4,14H2,1-3H3/b22-13-,23-21-/t19-/m1/s1. The minimum absolute atomic E-state index is 0.0857. The van der Waals surface area contributed by atoms with E-state index in [0.29, 0.717) is 11.7 Å². The summed E-state index contributed by atoms with van der Waals surface area (Å²) in [7, 11) is 1.64. The van der Waals surface area contributed by atoms with Crippen LogP contribution in [-0.4, -0.2) is 34.5 Å². The molecule has 140 valence electrons. The number of aryl methyl sites for hydroxylation is 1. The molecule has 1 aliphatic rings. The van der Waals surface area contributed by atoms with E-state index in [2.05, 4.69) is 10.2 Å². The molecule has 1 saturated heterocycles. The van der Waals surface area contributed by atoms with E-state index in [1.165, 1.54) is 17.3 Å². The van der Waals surface area contributed by atoms with Crippen molar-refractivity contribution in [3.63, 3.8) is 0 Å². The molecule has 27 heavy (non-hydrogen) atoms. The molecule has 0 radical (unpaired) electrons. The van der Waals surface area contributed by atoms with Crippen LogP contribution in [0.25, 0.3) is 0 Å². The summed E-state index contributed by atoms with van der Waals surface area (Å²) in [6.45, 7) is 4.54. The molecule has 2 aromatic rings. The first kappa shape index (κ1) is 19.2. The lowest BCUT2D eigenvalue weighted by Crippen LogP contribution is -2.31. The Kier molecular flexibility index (Phi) is 6.29. The molecule has 6 heteroatoms. The predicted octanol–water partition coefficient (Wildman–Crippen LogP) is 4.25. The maximum absolute atomic E-state index is 12.7. The first-order valence-corrected chi connectivity index (χ1v) is 9.77. The molecular weight excluding hydrogens is 358 g/mol. The Balaban J connectivity index is 1.77. The number of hydrogen-bond donors (Lipinski definition) is 0. The Hall–Kier alpha value is -2.60. The number of rotatable bonds is 6. The van der Waals surface area contributed by atoms with Gasteiger partial charge in [0.05, 0.1) is 25.1 Å². The lowest BCUT2D eigenvalue weighted by molar-refractivity contribution is -0.126. The number of amides is 1. The van der Waals surface area contributed by atoms with Gasteiger partial charge in [-0.1, -0.05) is 60.6 Å². The lowest BCUT2D eigenvalue weighted by Gasteiger charge is -2.16. The van der Waals surface area contributed by atoms with Crippen molar-refractivity contribution in [3.8, 4) is 5.75 Å². The second kappa shape index (κ2) is 8.86.